The monoisotopic (exact) mass is 220 g/mol. The standard InChI is InChI=1S/C12H20N4/c1-4-13-12-14-8-9(2)11(15-12)16(3)10-6-5-7-10/h8,10H,4-7H2,1-3H3,(H,13,14,15). The first-order valence-electron chi connectivity index (χ1n) is 6.02. The second-order valence-electron chi connectivity index (χ2n) is 4.43. The summed E-state index contributed by atoms with van der Waals surface area (Å²) in [6, 6.07) is 0.670. The van der Waals surface area contributed by atoms with E-state index >= 15 is 0 Å². The molecule has 1 aromatic heterocycles. The van der Waals surface area contributed by atoms with Gasteiger partial charge in [0, 0.05) is 31.4 Å². The molecule has 4 nitrogen and oxygen atoms in total. The second kappa shape index (κ2) is 4.68. The van der Waals surface area contributed by atoms with Gasteiger partial charge in [0.15, 0.2) is 0 Å². The zero-order valence-electron chi connectivity index (χ0n) is 10.3. The zero-order chi connectivity index (χ0) is 11.5. The molecule has 0 atom stereocenters. The lowest BCUT2D eigenvalue weighted by Crippen LogP contribution is -2.38. The molecule has 16 heavy (non-hydrogen) atoms. The van der Waals surface area contributed by atoms with E-state index in [2.05, 4.69) is 41.1 Å². The average molecular weight is 220 g/mol. The van der Waals surface area contributed by atoms with Crippen molar-refractivity contribution in [3.63, 3.8) is 0 Å². The highest BCUT2D eigenvalue weighted by molar-refractivity contribution is 5.49. The number of nitrogens with one attached hydrogen (secondary N) is 1. The van der Waals surface area contributed by atoms with Crippen molar-refractivity contribution < 1.29 is 0 Å². The number of aryl methyl sites for hydroxylation is 1. The molecule has 0 aliphatic heterocycles. The maximum absolute atomic E-state index is 4.57. The topological polar surface area (TPSA) is 41.1 Å². The molecule has 0 radical (unpaired) electrons. The van der Waals surface area contributed by atoms with Gasteiger partial charge in [0.2, 0.25) is 5.95 Å². The summed E-state index contributed by atoms with van der Waals surface area (Å²) in [7, 11) is 2.13. The Morgan fingerprint density at radius 1 is 1.50 bits per heavy atom. The predicted octanol–water partition coefficient (Wildman–Crippen LogP) is 2.21. The van der Waals surface area contributed by atoms with E-state index in [0.717, 1.165) is 23.9 Å². The Balaban J connectivity index is 2.19. The molecule has 4 heteroatoms. The number of hydrogen-bond acceptors (Lipinski definition) is 4. The SMILES string of the molecule is CCNc1ncc(C)c(N(C)C2CCC2)n1. The van der Waals surface area contributed by atoms with E-state index < -0.39 is 0 Å². The van der Waals surface area contributed by atoms with Crippen LogP contribution in [0.4, 0.5) is 11.8 Å². The minimum atomic E-state index is 0.670. The fraction of sp³-hybridized carbons (Fsp3) is 0.667. The maximum Gasteiger partial charge on any atom is 0.224 e. The largest absolute Gasteiger partial charge is 0.356 e. The summed E-state index contributed by atoms with van der Waals surface area (Å²) in [5.74, 6) is 1.80. The van der Waals surface area contributed by atoms with Gasteiger partial charge in [-0.2, -0.15) is 4.98 Å². The Morgan fingerprint density at radius 3 is 2.81 bits per heavy atom. The van der Waals surface area contributed by atoms with Gasteiger partial charge < -0.3 is 10.2 Å². The molecule has 0 aromatic carbocycles. The fourth-order valence-electron chi connectivity index (χ4n) is 1.98. The van der Waals surface area contributed by atoms with Gasteiger partial charge in [-0.3, -0.25) is 0 Å². The molecule has 0 amide bonds. The molecule has 1 saturated carbocycles. The summed E-state index contributed by atoms with van der Waals surface area (Å²) < 4.78 is 0. The number of anilines is 2. The molecule has 1 aromatic rings. The van der Waals surface area contributed by atoms with Crippen molar-refractivity contribution in [1.29, 1.82) is 0 Å². The van der Waals surface area contributed by atoms with Crippen LogP contribution >= 0.6 is 0 Å². The molecule has 1 aliphatic rings. The van der Waals surface area contributed by atoms with Crippen LogP contribution in [0.3, 0.4) is 0 Å². The summed E-state index contributed by atoms with van der Waals surface area (Å²) >= 11 is 0. The quantitative estimate of drug-likeness (QED) is 0.844. The summed E-state index contributed by atoms with van der Waals surface area (Å²) in [5, 5.41) is 3.16. The Morgan fingerprint density at radius 2 is 2.25 bits per heavy atom. The van der Waals surface area contributed by atoms with Crippen molar-refractivity contribution in [2.45, 2.75) is 39.2 Å². The first kappa shape index (κ1) is 11.2. The highest BCUT2D eigenvalue weighted by Gasteiger charge is 2.24. The van der Waals surface area contributed by atoms with Crippen molar-refractivity contribution in [3.05, 3.63) is 11.8 Å². The Kier molecular flexibility index (Phi) is 3.27. The molecule has 1 aliphatic carbocycles. The predicted molar refractivity (Wildman–Crippen MR) is 67.0 cm³/mol. The Hall–Kier alpha value is -1.32. The third kappa shape index (κ3) is 2.10. The molecule has 2 rings (SSSR count). The van der Waals surface area contributed by atoms with E-state index in [1.54, 1.807) is 0 Å². The van der Waals surface area contributed by atoms with Gasteiger partial charge >= 0.3 is 0 Å². The molecule has 0 spiro atoms. The highest BCUT2D eigenvalue weighted by atomic mass is 15.2. The first-order valence-corrected chi connectivity index (χ1v) is 6.02. The summed E-state index contributed by atoms with van der Waals surface area (Å²) in [6.07, 6.45) is 5.82. The molecule has 0 saturated heterocycles. The van der Waals surface area contributed by atoms with Gasteiger partial charge in [0.05, 0.1) is 0 Å². The van der Waals surface area contributed by atoms with Gasteiger partial charge in [0.1, 0.15) is 5.82 Å². The zero-order valence-corrected chi connectivity index (χ0v) is 10.3. The smallest absolute Gasteiger partial charge is 0.224 e. The summed E-state index contributed by atoms with van der Waals surface area (Å²) in [6.45, 7) is 4.98. The van der Waals surface area contributed by atoms with Crippen LogP contribution < -0.4 is 10.2 Å². The Bertz CT molecular complexity index is 360. The van der Waals surface area contributed by atoms with Crippen molar-refractivity contribution in [3.8, 4) is 0 Å². The highest BCUT2D eigenvalue weighted by Crippen LogP contribution is 2.28. The van der Waals surface area contributed by atoms with E-state index in [9.17, 15) is 0 Å². The molecule has 0 unspecified atom stereocenters. The van der Waals surface area contributed by atoms with Gasteiger partial charge in [-0.1, -0.05) is 0 Å². The van der Waals surface area contributed by atoms with Crippen LogP contribution in [0, 0.1) is 6.92 Å². The number of nitrogens with zero attached hydrogens (tertiary/aromatic N) is 3. The normalized spacial score (nSPS) is 15.7. The van der Waals surface area contributed by atoms with Crippen LogP contribution in [0.25, 0.3) is 0 Å². The van der Waals surface area contributed by atoms with Crippen molar-refractivity contribution in [1.82, 2.24) is 9.97 Å². The van der Waals surface area contributed by atoms with Crippen molar-refractivity contribution in [2.24, 2.45) is 0 Å². The van der Waals surface area contributed by atoms with Gasteiger partial charge in [-0.15, -0.1) is 0 Å². The van der Waals surface area contributed by atoms with Crippen LogP contribution in [0.5, 0.6) is 0 Å². The lowest BCUT2D eigenvalue weighted by Gasteiger charge is -2.36. The molecular formula is C12H20N4. The molecular weight excluding hydrogens is 200 g/mol. The molecule has 1 heterocycles. The number of hydrogen-bond donors (Lipinski definition) is 1. The van der Waals surface area contributed by atoms with Crippen LogP contribution in [0.15, 0.2) is 6.20 Å². The average Bonchev–Trinajstić information content (AvgIpc) is 2.18. The van der Waals surface area contributed by atoms with Crippen LogP contribution in [0.1, 0.15) is 31.7 Å². The van der Waals surface area contributed by atoms with Crippen LogP contribution in [-0.2, 0) is 0 Å². The van der Waals surface area contributed by atoms with E-state index in [0.29, 0.717) is 6.04 Å². The minimum Gasteiger partial charge on any atom is -0.356 e. The van der Waals surface area contributed by atoms with E-state index in [-0.39, 0.29) is 0 Å². The second-order valence-corrected chi connectivity index (χ2v) is 4.43. The molecule has 88 valence electrons. The lowest BCUT2D eigenvalue weighted by molar-refractivity contribution is 0.399. The molecule has 1 fully saturated rings. The fourth-order valence-corrected chi connectivity index (χ4v) is 1.98. The Labute approximate surface area is 97.1 Å². The van der Waals surface area contributed by atoms with E-state index in [1.807, 2.05) is 6.20 Å². The third-order valence-corrected chi connectivity index (χ3v) is 3.24. The number of aromatic nitrogens is 2. The molecule has 0 bridgehead atoms. The first-order chi connectivity index (χ1) is 7.72. The van der Waals surface area contributed by atoms with Crippen molar-refractivity contribution >= 4 is 11.8 Å². The third-order valence-electron chi connectivity index (χ3n) is 3.24. The lowest BCUT2D eigenvalue weighted by atomic mass is 9.92. The van der Waals surface area contributed by atoms with E-state index in [1.165, 1.54) is 19.3 Å². The van der Waals surface area contributed by atoms with Crippen LogP contribution in [-0.4, -0.2) is 29.6 Å². The van der Waals surface area contributed by atoms with Crippen molar-refractivity contribution in [2.75, 3.05) is 23.8 Å². The molecule has 1 N–H and O–H groups in total. The van der Waals surface area contributed by atoms with Gasteiger partial charge in [-0.05, 0) is 33.1 Å². The van der Waals surface area contributed by atoms with Gasteiger partial charge in [0.25, 0.3) is 0 Å². The maximum atomic E-state index is 4.57. The van der Waals surface area contributed by atoms with Gasteiger partial charge in [-0.25, -0.2) is 4.98 Å². The van der Waals surface area contributed by atoms with E-state index in [4.69, 9.17) is 0 Å². The number of rotatable bonds is 4. The summed E-state index contributed by atoms with van der Waals surface area (Å²) in [4.78, 5) is 11.1. The summed E-state index contributed by atoms with van der Waals surface area (Å²) in [5.41, 5.74) is 1.15. The minimum absolute atomic E-state index is 0.670. The van der Waals surface area contributed by atoms with Crippen LogP contribution in [0.2, 0.25) is 0 Å².